The molecule has 124 valence electrons. The molecule has 1 heterocycles. The Bertz CT molecular complexity index is 621. The van der Waals surface area contributed by atoms with Crippen LogP contribution in [-0.2, 0) is 6.54 Å². The molecule has 1 aromatic carbocycles. The highest BCUT2D eigenvalue weighted by molar-refractivity contribution is 5.93. The van der Waals surface area contributed by atoms with Gasteiger partial charge in [0, 0.05) is 25.8 Å². The number of hydrogen-bond acceptors (Lipinski definition) is 3. The van der Waals surface area contributed by atoms with Crippen LogP contribution in [0.3, 0.4) is 0 Å². The lowest BCUT2D eigenvalue weighted by atomic mass is 10.0. The SMILES string of the molecule is CC(C)C(N)CCN(C)C(=O)c1cnn(Cc2ccccc2)c1. The number of carbonyl (C=O) groups excluding carboxylic acids is 1. The third-order valence-corrected chi connectivity index (χ3v) is 4.07. The molecule has 0 saturated carbocycles. The standard InChI is InChI=1S/C18H26N4O/c1-14(2)17(19)9-10-21(3)18(23)16-11-20-22(13-16)12-15-7-5-4-6-8-15/h4-8,11,13-14,17H,9-10,12,19H2,1-3H3. The van der Waals surface area contributed by atoms with Gasteiger partial charge in [0.1, 0.15) is 0 Å². The molecule has 0 bridgehead atoms. The molecular weight excluding hydrogens is 288 g/mol. The van der Waals surface area contributed by atoms with E-state index in [0.29, 0.717) is 24.6 Å². The van der Waals surface area contributed by atoms with Gasteiger partial charge in [0.15, 0.2) is 0 Å². The molecule has 5 nitrogen and oxygen atoms in total. The smallest absolute Gasteiger partial charge is 0.256 e. The Hall–Kier alpha value is -2.14. The Kier molecular flexibility index (Phi) is 5.93. The van der Waals surface area contributed by atoms with Gasteiger partial charge in [0.25, 0.3) is 5.91 Å². The number of carbonyl (C=O) groups is 1. The van der Waals surface area contributed by atoms with Crippen LogP contribution in [0.2, 0.25) is 0 Å². The van der Waals surface area contributed by atoms with Crippen molar-refractivity contribution in [2.75, 3.05) is 13.6 Å². The first-order valence-electron chi connectivity index (χ1n) is 8.05. The quantitative estimate of drug-likeness (QED) is 0.853. The predicted molar refractivity (Wildman–Crippen MR) is 92.2 cm³/mol. The Morgan fingerprint density at radius 2 is 2.00 bits per heavy atom. The van der Waals surface area contributed by atoms with Gasteiger partial charge in [-0.1, -0.05) is 44.2 Å². The fourth-order valence-corrected chi connectivity index (χ4v) is 2.33. The summed E-state index contributed by atoms with van der Waals surface area (Å²) >= 11 is 0. The highest BCUT2D eigenvalue weighted by atomic mass is 16.2. The van der Waals surface area contributed by atoms with Crippen molar-refractivity contribution in [2.24, 2.45) is 11.7 Å². The van der Waals surface area contributed by atoms with Gasteiger partial charge in [-0.15, -0.1) is 0 Å². The number of rotatable bonds is 7. The van der Waals surface area contributed by atoms with E-state index in [0.717, 1.165) is 12.0 Å². The van der Waals surface area contributed by atoms with Crippen molar-refractivity contribution in [1.82, 2.24) is 14.7 Å². The fraction of sp³-hybridized carbons (Fsp3) is 0.444. The average molecular weight is 314 g/mol. The third kappa shape index (κ3) is 4.93. The number of benzene rings is 1. The van der Waals surface area contributed by atoms with Gasteiger partial charge < -0.3 is 10.6 Å². The molecule has 0 spiro atoms. The van der Waals surface area contributed by atoms with E-state index in [1.54, 1.807) is 22.0 Å². The molecule has 1 unspecified atom stereocenters. The zero-order valence-corrected chi connectivity index (χ0v) is 14.1. The van der Waals surface area contributed by atoms with Crippen LogP contribution in [0.15, 0.2) is 42.7 Å². The highest BCUT2D eigenvalue weighted by Crippen LogP contribution is 2.08. The molecule has 5 heteroatoms. The van der Waals surface area contributed by atoms with Gasteiger partial charge >= 0.3 is 0 Å². The van der Waals surface area contributed by atoms with Gasteiger partial charge in [-0.25, -0.2) is 0 Å². The molecule has 1 amide bonds. The molecule has 0 aliphatic rings. The van der Waals surface area contributed by atoms with E-state index in [4.69, 9.17) is 5.73 Å². The summed E-state index contributed by atoms with van der Waals surface area (Å²) in [4.78, 5) is 14.1. The Morgan fingerprint density at radius 1 is 1.30 bits per heavy atom. The second-order valence-electron chi connectivity index (χ2n) is 6.34. The van der Waals surface area contributed by atoms with Crippen molar-refractivity contribution in [3.8, 4) is 0 Å². The number of amides is 1. The number of hydrogen-bond donors (Lipinski definition) is 1. The van der Waals surface area contributed by atoms with Gasteiger partial charge in [-0.05, 0) is 17.9 Å². The summed E-state index contributed by atoms with van der Waals surface area (Å²) in [7, 11) is 1.81. The monoisotopic (exact) mass is 314 g/mol. The molecule has 1 atom stereocenters. The summed E-state index contributed by atoms with van der Waals surface area (Å²) in [6, 6.07) is 10.2. The number of nitrogens with two attached hydrogens (primary N) is 1. The minimum absolute atomic E-state index is 0.0136. The van der Waals surface area contributed by atoms with Crippen LogP contribution >= 0.6 is 0 Å². The molecule has 23 heavy (non-hydrogen) atoms. The lowest BCUT2D eigenvalue weighted by Crippen LogP contribution is -2.34. The first kappa shape index (κ1) is 17.2. The second-order valence-corrected chi connectivity index (χ2v) is 6.34. The van der Waals surface area contributed by atoms with Crippen molar-refractivity contribution in [3.63, 3.8) is 0 Å². The maximum absolute atomic E-state index is 12.4. The van der Waals surface area contributed by atoms with E-state index in [-0.39, 0.29) is 11.9 Å². The normalized spacial score (nSPS) is 12.4. The van der Waals surface area contributed by atoms with Crippen LogP contribution in [0.4, 0.5) is 0 Å². The Morgan fingerprint density at radius 3 is 2.65 bits per heavy atom. The summed E-state index contributed by atoms with van der Waals surface area (Å²) in [6.45, 7) is 5.51. The van der Waals surface area contributed by atoms with E-state index >= 15 is 0 Å². The predicted octanol–water partition coefficient (Wildman–Crippen LogP) is 2.38. The lowest BCUT2D eigenvalue weighted by molar-refractivity contribution is 0.0789. The topological polar surface area (TPSA) is 64.2 Å². The van der Waals surface area contributed by atoms with E-state index in [9.17, 15) is 4.79 Å². The molecule has 0 saturated heterocycles. The second kappa shape index (κ2) is 7.92. The minimum Gasteiger partial charge on any atom is -0.342 e. The number of aromatic nitrogens is 2. The third-order valence-electron chi connectivity index (χ3n) is 4.07. The summed E-state index contributed by atoms with van der Waals surface area (Å²) in [5, 5.41) is 4.28. The maximum Gasteiger partial charge on any atom is 0.256 e. The van der Waals surface area contributed by atoms with Crippen LogP contribution < -0.4 is 5.73 Å². The largest absolute Gasteiger partial charge is 0.342 e. The zero-order valence-electron chi connectivity index (χ0n) is 14.1. The van der Waals surface area contributed by atoms with Crippen molar-refractivity contribution < 1.29 is 4.79 Å². The average Bonchev–Trinajstić information content (AvgIpc) is 3.00. The van der Waals surface area contributed by atoms with Crippen LogP contribution in [-0.4, -0.2) is 40.2 Å². The van der Waals surface area contributed by atoms with Crippen molar-refractivity contribution in [3.05, 3.63) is 53.9 Å². The van der Waals surface area contributed by atoms with Gasteiger partial charge in [-0.3, -0.25) is 9.48 Å². The zero-order chi connectivity index (χ0) is 16.8. The van der Waals surface area contributed by atoms with Crippen LogP contribution in [0.5, 0.6) is 0 Å². The van der Waals surface area contributed by atoms with Crippen LogP contribution in [0.25, 0.3) is 0 Å². The lowest BCUT2D eigenvalue weighted by Gasteiger charge is -2.21. The van der Waals surface area contributed by atoms with E-state index in [1.807, 2.05) is 37.4 Å². The van der Waals surface area contributed by atoms with Crippen molar-refractivity contribution in [2.45, 2.75) is 32.9 Å². The summed E-state index contributed by atoms with van der Waals surface area (Å²) in [5.74, 6) is 0.410. The number of nitrogens with zero attached hydrogens (tertiary/aromatic N) is 3. The van der Waals surface area contributed by atoms with Crippen molar-refractivity contribution in [1.29, 1.82) is 0 Å². The minimum atomic E-state index is -0.0136. The van der Waals surface area contributed by atoms with Crippen molar-refractivity contribution >= 4 is 5.91 Å². The molecule has 0 fully saturated rings. The van der Waals surface area contributed by atoms with Crippen LogP contribution in [0, 0.1) is 5.92 Å². The first-order chi connectivity index (χ1) is 11.0. The summed E-state index contributed by atoms with van der Waals surface area (Å²) in [6.07, 6.45) is 4.23. The Balaban J connectivity index is 1.92. The van der Waals surface area contributed by atoms with E-state index in [1.165, 1.54) is 0 Å². The van der Waals surface area contributed by atoms with E-state index < -0.39 is 0 Å². The van der Waals surface area contributed by atoms with Crippen LogP contribution in [0.1, 0.15) is 36.2 Å². The summed E-state index contributed by atoms with van der Waals surface area (Å²) < 4.78 is 1.79. The highest BCUT2D eigenvalue weighted by Gasteiger charge is 2.16. The first-order valence-corrected chi connectivity index (χ1v) is 8.05. The molecule has 2 N–H and O–H groups in total. The maximum atomic E-state index is 12.4. The fourth-order valence-electron chi connectivity index (χ4n) is 2.33. The van der Waals surface area contributed by atoms with Gasteiger partial charge in [0.05, 0.1) is 18.3 Å². The molecule has 0 aliphatic heterocycles. The molecular formula is C18H26N4O. The molecule has 2 aromatic rings. The molecule has 0 radical (unpaired) electrons. The summed E-state index contributed by atoms with van der Waals surface area (Å²) in [5.41, 5.74) is 7.81. The molecule has 0 aliphatic carbocycles. The Labute approximate surface area is 138 Å². The molecule has 1 aromatic heterocycles. The van der Waals surface area contributed by atoms with E-state index in [2.05, 4.69) is 18.9 Å². The van der Waals surface area contributed by atoms with Gasteiger partial charge in [-0.2, -0.15) is 5.10 Å². The molecule has 2 rings (SSSR count). The van der Waals surface area contributed by atoms with Gasteiger partial charge in [0.2, 0.25) is 0 Å².